The van der Waals surface area contributed by atoms with Gasteiger partial charge in [-0.15, -0.1) is 0 Å². The Bertz CT molecular complexity index is 141. The predicted octanol–water partition coefficient (Wildman–Crippen LogP) is 1.34. The molecule has 1 N–H and O–H groups in total. The lowest BCUT2D eigenvalue weighted by atomic mass is 10.1. The summed E-state index contributed by atoms with van der Waals surface area (Å²) in [6, 6.07) is 0. The van der Waals surface area contributed by atoms with E-state index in [-0.39, 0.29) is 24.4 Å². The average Bonchev–Trinajstić information content (AvgIpc) is 1.84. The Morgan fingerprint density at radius 3 is 2.17 bits per heavy atom. The van der Waals surface area contributed by atoms with Crippen LogP contribution in [0.1, 0.15) is 34.1 Å². The summed E-state index contributed by atoms with van der Waals surface area (Å²) in [6.07, 6.45) is -0.594. The molecule has 1 unspecified atom stereocenters. The van der Waals surface area contributed by atoms with E-state index in [9.17, 15) is 9.90 Å². The molecule has 1 atom stereocenters. The molecule has 0 fully saturated rings. The van der Waals surface area contributed by atoms with Crippen molar-refractivity contribution < 1.29 is 14.6 Å². The second-order valence-electron chi connectivity index (χ2n) is 3.55. The molecule has 12 heavy (non-hydrogen) atoms. The molecule has 3 nitrogen and oxygen atoms in total. The molecule has 0 aliphatic rings. The molecule has 72 valence electrons. The number of ether oxygens (including phenoxy) is 1. The van der Waals surface area contributed by atoms with Crippen LogP contribution in [0.2, 0.25) is 0 Å². The molecule has 0 saturated heterocycles. The van der Waals surface area contributed by atoms with Crippen LogP contribution in [0.4, 0.5) is 0 Å². The van der Waals surface area contributed by atoms with Crippen LogP contribution in [0, 0.1) is 5.92 Å². The van der Waals surface area contributed by atoms with Gasteiger partial charge in [-0.05, 0) is 19.8 Å². The van der Waals surface area contributed by atoms with Crippen molar-refractivity contribution in [2.24, 2.45) is 5.92 Å². The molecule has 0 aromatic carbocycles. The smallest absolute Gasteiger partial charge is 0.308 e. The number of aliphatic hydroxyl groups excluding tert-OH is 1. The molecule has 0 aromatic rings. The lowest BCUT2D eigenvalue weighted by Crippen LogP contribution is -2.22. The number of rotatable bonds is 4. The van der Waals surface area contributed by atoms with E-state index in [2.05, 4.69) is 0 Å². The van der Waals surface area contributed by atoms with Crippen molar-refractivity contribution in [3.8, 4) is 0 Å². The van der Waals surface area contributed by atoms with Crippen molar-refractivity contribution >= 4 is 5.97 Å². The number of aliphatic hydroxyl groups is 1. The first-order valence-electron chi connectivity index (χ1n) is 4.31. The van der Waals surface area contributed by atoms with Crippen molar-refractivity contribution in [3.05, 3.63) is 0 Å². The third kappa shape index (κ3) is 5.13. The van der Waals surface area contributed by atoms with E-state index in [1.165, 1.54) is 0 Å². The molecular weight excluding hydrogens is 156 g/mol. The van der Waals surface area contributed by atoms with Gasteiger partial charge in [0.05, 0.1) is 18.6 Å². The van der Waals surface area contributed by atoms with Gasteiger partial charge in [-0.3, -0.25) is 4.79 Å². The van der Waals surface area contributed by atoms with E-state index in [4.69, 9.17) is 4.74 Å². The normalized spacial score (nSPS) is 13.6. The van der Waals surface area contributed by atoms with Gasteiger partial charge in [0.1, 0.15) is 0 Å². The van der Waals surface area contributed by atoms with E-state index < -0.39 is 6.10 Å². The second kappa shape index (κ2) is 5.14. The fraction of sp³-hybridized carbons (Fsp3) is 0.889. The van der Waals surface area contributed by atoms with Crippen LogP contribution in [0.3, 0.4) is 0 Å². The van der Waals surface area contributed by atoms with Gasteiger partial charge in [0.15, 0.2) is 0 Å². The maximum absolute atomic E-state index is 11.0. The van der Waals surface area contributed by atoms with Crippen LogP contribution in [0.15, 0.2) is 0 Å². The lowest BCUT2D eigenvalue weighted by molar-refractivity contribution is -0.150. The molecule has 0 radical (unpaired) electrons. The van der Waals surface area contributed by atoms with E-state index in [1.54, 1.807) is 13.8 Å². The summed E-state index contributed by atoms with van der Waals surface area (Å²) in [5.74, 6) is -0.226. The Kier molecular flexibility index (Phi) is 4.90. The van der Waals surface area contributed by atoms with E-state index in [0.717, 1.165) is 0 Å². The van der Waals surface area contributed by atoms with Crippen LogP contribution in [-0.4, -0.2) is 23.3 Å². The highest BCUT2D eigenvalue weighted by molar-refractivity contribution is 5.70. The van der Waals surface area contributed by atoms with E-state index >= 15 is 0 Å². The van der Waals surface area contributed by atoms with Crippen LogP contribution >= 0.6 is 0 Å². The second-order valence-corrected chi connectivity index (χ2v) is 3.55. The van der Waals surface area contributed by atoms with E-state index in [0.29, 0.717) is 0 Å². The molecule has 0 rings (SSSR count). The minimum absolute atomic E-state index is 0.0931. The van der Waals surface area contributed by atoms with Gasteiger partial charge in [-0.1, -0.05) is 13.8 Å². The standard InChI is InChI=1S/C9H18O3/c1-6(2)8(10)5-9(11)12-7(3)4/h6-8,10H,5H2,1-4H3. The molecule has 0 aromatic heterocycles. The number of carbonyl (C=O) groups is 1. The SMILES string of the molecule is CC(C)OC(=O)CC(O)C(C)C. The zero-order chi connectivity index (χ0) is 9.72. The van der Waals surface area contributed by atoms with Crippen LogP contribution in [-0.2, 0) is 9.53 Å². The Hall–Kier alpha value is -0.570. The van der Waals surface area contributed by atoms with Crippen molar-refractivity contribution in [2.45, 2.75) is 46.3 Å². The van der Waals surface area contributed by atoms with Crippen molar-refractivity contribution in [3.63, 3.8) is 0 Å². The zero-order valence-electron chi connectivity index (χ0n) is 8.20. The first-order chi connectivity index (χ1) is 5.43. The summed E-state index contributed by atoms with van der Waals surface area (Å²) in [6.45, 7) is 7.32. The fourth-order valence-electron chi connectivity index (χ4n) is 0.717. The molecule has 0 saturated carbocycles. The largest absolute Gasteiger partial charge is 0.463 e. The van der Waals surface area contributed by atoms with Crippen molar-refractivity contribution in [1.82, 2.24) is 0 Å². The Balaban J connectivity index is 3.69. The highest BCUT2D eigenvalue weighted by atomic mass is 16.5. The van der Waals surface area contributed by atoms with Gasteiger partial charge in [-0.2, -0.15) is 0 Å². The summed E-state index contributed by atoms with van der Waals surface area (Å²) in [7, 11) is 0. The van der Waals surface area contributed by atoms with Gasteiger partial charge >= 0.3 is 5.97 Å². The summed E-state index contributed by atoms with van der Waals surface area (Å²) in [5.41, 5.74) is 0. The molecule has 0 spiro atoms. The highest BCUT2D eigenvalue weighted by Crippen LogP contribution is 2.07. The van der Waals surface area contributed by atoms with Crippen LogP contribution in [0.25, 0.3) is 0 Å². The maximum Gasteiger partial charge on any atom is 0.308 e. The monoisotopic (exact) mass is 174 g/mol. The molecule has 3 heteroatoms. The van der Waals surface area contributed by atoms with Gasteiger partial charge in [0.25, 0.3) is 0 Å². The summed E-state index contributed by atoms with van der Waals surface area (Å²) < 4.78 is 4.87. The van der Waals surface area contributed by atoms with Crippen LogP contribution < -0.4 is 0 Å². The number of esters is 1. The van der Waals surface area contributed by atoms with Crippen molar-refractivity contribution in [1.29, 1.82) is 0 Å². The van der Waals surface area contributed by atoms with E-state index in [1.807, 2.05) is 13.8 Å². The molecular formula is C9H18O3. The van der Waals surface area contributed by atoms with Crippen molar-refractivity contribution in [2.75, 3.05) is 0 Å². The molecule has 0 aliphatic carbocycles. The minimum Gasteiger partial charge on any atom is -0.463 e. The fourth-order valence-corrected chi connectivity index (χ4v) is 0.717. The third-order valence-corrected chi connectivity index (χ3v) is 1.51. The highest BCUT2D eigenvalue weighted by Gasteiger charge is 2.15. The zero-order valence-corrected chi connectivity index (χ0v) is 8.20. The predicted molar refractivity (Wildman–Crippen MR) is 46.7 cm³/mol. The Morgan fingerprint density at radius 1 is 1.33 bits per heavy atom. The third-order valence-electron chi connectivity index (χ3n) is 1.51. The number of carbonyl (C=O) groups excluding carboxylic acids is 1. The molecule has 0 heterocycles. The number of hydrogen-bond donors (Lipinski definition) is 1. The summed E-state index contributed by atoms with van der Waals surface area (Å²) in [5, 5.41) is 9.31. The van der Waals surface area contributed by atoms with Gasteiger partial charge < -0.3 is 9.84 Å². The quantitative estimate of drug-likeness (QED) is 0.654. The first-order valence-corrected chi connectivity index (χ1v) is 4.31. The molecule has 0 bridgehead atoms. The summed E-state index contributed by atoms with van der Waals surface area (Å²) in [4.78, 5) is 11.0. The minimum atomic E-state index is -0.587. The molecule has 0 aliphatic heterocycles. The van der Waals surface area contributed by atoms with Gasteiger partial charge in [0.2, 0.25) is 0 Å². The van der Waals surface area contributed by atoms with Gasteiger partial charge in [0, 0.05) is 0 Å². The maximum atomic E-state index is 11.0. The lowest BCUT2D eigenvalue weighted by Gasteiger charge is -2.14. The topological polar surface area (TPSA) is 46.5 Å². The van der Waals surface area contributed by atoms with Gasteiger partial charge in [-0.25, -0.2) is 0 Å². The summed E-state index contributed by atoms with van der Waals surface area (Å²) >= 11 is 0. The Morgan fingerprint density at radius 2 is 1.83 bits per heavy atom. The molecule has 0 amide bonds. The Labute approximate surface area is 73.7 Å². The first kappa shape index (κ1) is 11.4. The average molecular weight is 174 g/mol. The van der Waals surface area contributed by atoms with Crippen LogP contribution in [0.5, 0.6) is 0 Å². The number of hydrogen-bond acceptors (Lipinski definition) is 3.